The standard InChI is InChI=1S/C39H26N2O2/c42-40(38-34-13-5-1-9-30(34)31-10-2-6-14-35(31)38)28-21-17-26(18-22-28)25-27-19-23-29(24-20-27)41(43)39-36-15-7-3-11-32(36)33-12-4-8-16-37(33)39/h1-24H,25H2. The highest BCUT2D eigenvalue weighted by molar-refractivity contribution is 6.23. The van der Waals surface area contributed by atoms with Crippen LogP contribution >= 0.6 is 0 Å². The van der Waals surface area contributed by atoms with Gasteiger partial charge in [0.1, 0.15) is 0 Å². The predicted molar refractivity (Wildman–Crippen MR) is 172 cm³/mol. The number of fused-ring (bicyclic) bond motifs is 6. The van der Waals surface area contributed by atoms with E-state index in [0.717, 1.165) is 65.1 Å². The normalized spacial score (nSPS) is 12.4. The second-order valence-corrected chi connectivity index (χ2v) is 11.0. The Morgan fingerprint density at radius 2 is 0.581 bits per heavy atom. The van der Waals surface area contributed by atoms with Crippen LogP contribution in [0.25, 0.3) is 22.3 Å². The number of hydrogen-bond donors (Lipinski definition) is 0. The molecule has 0 spiro atoms. The van der Waals surface area contributed by atoms with E-state index in [1.165, 1.54) is 0 Å². The zero-order valence-electron chi connectivity index (χ0n) is 23.3. The fourth-order valence-electron chi connectivity index (χ4n) is 6.42. The minimum atomic E-state index is 0.594. The second kappa shape index (κ2) is 9.97. The lowest BCUT2D eigenvalue weighted by Gasteiger charge is -2.10. The van der Waals surface area contributed by atoms with E-state index < -0.39 is 0 Å². The Morgan fingerprint density at radius 3 is 0.860 bits per heavy atom. The van der Waals surface area contributed by atoms with Gasteiger partial charge in [-0.25, -0.2) is 0 Å². The maximum absolute atomic E-state index is 13.6. The molecule has 6 aromatic rings. The molecular weight excluding hydrogens is 528 g/mol. The van der Waals surface area contributed by atoms with Crippen LogP contribution in [0, 0.1) is 10.4 Å². The van der Waals surface area contributed by atoms with Gasteiger partial charge in [0, 0.05) is 24.3 Å². The molecule has 0 saturated carbocycles. The van der Waals surface area contributed by atoms with Gasteiger partial charge in [-0.3, -0.25) is 0 Å². The van der Waals surface area contributed by atoms with Crippen molar-refractivity contribution < 1.29 is 9.48 Å². The number of hydrogen-bond acceptors (Lipinski definition) is 2. The Bertz CT molecular complexity index is 1860. The summed E-state index contributed by atoms with van der Waals surface area (Å²) in [5.74, 6) is 0. The molecule has 0 fully saturated rings. The minimum absolute atomic E-state index is 0.594. The third-order valence-electron chi connectivity index (χ3n) is 8.47. The first-order valence-corrected chi connectivity index (χ1v) is 14.4. The molecule has 0 saturated heterocycles. The molecule has 0 radical (unpaired) electrons. The third kappa shape index (κ3) is 4.07. The van der Waals surface area contributed by atoms with E-state index in [2.05, 4.69) is 24.3 Å². The van der Waals surface area contributed by atoms with E-state index in [-0.39, 0.29) is 0 Å². The molecule has 0 unspecified atom stereocenters. The molecule has 0 bridgehead atoms. The summed E-state index contributed by atoms with van der Waals surface area (Å²) in [6.07, 6.45) is 0.697. The fourth-order valence-corrected chi connectivity index (χ4v) is 6.42. The highest BCUT2D eigenvalue weighted by Gasteiger charge is 2.32. The van der Waals surface area contributed by atoms with E-state index in [1.54, 1.807) is 0 Å². The molecule has 2 aliphatic rings. The van der Waals surface area contributed by atoms with E-state index >= 15 is 0 Å². The van der Waals surface area contributed by atoms with Gasteiger partial charge >= 0.3 is 0 Å². The summed E-state index contributed by atoms with van der Waals surface area (Å²) in [4.78, 5) is 0. The molecule has 2 aliphatic carbocycles. The zero-order valence-corrected chi connectivity index (χ0v) is 23.3. The molecule has 6 aromatic carbocycles. The molecular formula is C39H26N2O2. The van der Waals surface area contributed by atoms with Crippen molar-refractivity contribution in [3.05, 3.63) is 189 Å². The Kier molecular flexibility index (Phi) is 5.80. The van der Waals surface area contributed by atoms with Crippen LogP contribution in [-0.2, 0) is 6.42 Å². The maximum Gasteiger partial charge on any atom is 0.232 e. The van der Waals surface area contributed by atoms with Gasteiger partial charge in [-0.1, -0.05) is 97.1 Å². The van der Waals surface area contributed by atoms with Gasteiger partial charge in [-0.2, -0.15) is 9.48 Å². The highest BCUT2D eigenvalue weighted by atomic mass is 16.5. The summed E-state index contributed by atoms with van der Waals surface area (Å²) >= 11 is 0. The Morgan fingerprint density at radius 1 is 0.326 bits per heavy atom. The van der Waals surface area contributed by atoms with Crippen molar-refractivity contribution in [2.24, 2.45) is 0 Å². The lowest BCUT2D eigenvalue weighted by Crippen LogP contribution is -2.12. The van der Waals surface area contributed by atoms with Crippen LogP contribution in [0.3, 0.4) is 0 Å². The van der Waals surface area contributed by atoms with Gasteiger partial charge in [0.2, 0.25) is 22.8 Å². The number of benzene rings is 6. The lowest BCUT2D eigenvalue weighted by atomic mass is 10.0. The SMILES string of the molecule is [O-][N+](=C1c2ccccc2-c2ccccc21)c1ccc(Cc2ccc([N+]([O-])=C3c4ccccc4-c4ccccc43)cc2)cc1. The Labute approximate surface area is 250 Å². The van der Waals surface area contributed by atoms with Gasteiger partial charge in [0.05, 0.1) is 22.3 Å². The second-order valence-electron chi connectivity index (χ2n) is 11.0. The largest absolute Gasteiger partial charge is 0.618 e. The first-order valence-electron chi connectivity index (χ1n) is 14.4. The van der Waals surface area contributed by atoms with Crippen molar-refractivity contribution in [2.45, 2.75) is 6.42 Å². The van der Waals surface area contributed by atoms with Crippen LogP contribution in [0.15, 0.2) is 146 Å². The molecule has 0 heterocycles. The van der Waals surface area contributed by atoms with Gasteiger partial charge in [0.15, 0.2) is 0 Å². The molecule has 0 N–H and O–H groups in total. The van der Waals surface area contributed by atoms with Gasteiger partial charge in [-0.15, -0.1) is 0 Å². The van der Waals surface area contributed by atoms with Crippen molar-refractivity contribution in [2.75, 3.05) is 0 Å². The molecule has 0 amide bonds. The summed E-state index contributed by atoms with van der Waals surface area (Å²) in [5.41, 5.74) is 12.9. The van der Waals surface area contributed by atoms with Gasteiger partial charge < -0.3 is 10.4 Å². The van der Waals surface area contributed by atoms with E-state index in [4.69, 9.17) is 0 Å². The van der Waals surface area contributed by atoms with Crippen LogP contribution in [0.2, 0.25) is 0 Å². The van der Waals surface area contributed by atoms with Crippen LogP contribution in [0.4, 0.5) is 11.4 Å². The van der Waals surface area contributed by atoms with Gasteiger partial charge in [0.25, 0.3) is 0 Å². The molecule has 0 aliphatic heterocycles. The van der Waals surface area contributed by atoms with Crippen LogP contribution in [0.1, 0.15) is 33.4 Å². The predicted octanol–water partition coefficient (Wildman–Crippen LogP) is 8.60. The first kappa shape index (κ1) is 25.0. The Hall–Kier alpha value is -5.74. The van der Waals surface area contributed by atoms with Crippen molar-refractivity contribution in [1.29, 1.82) is 0 Å². The van der Waals surface area contributed by atoms with E-state index in [9.17, 15) is 10.4 Å². The number of rotatable bonds is 4. The highest BCUT2D eigenvalue weighted by Crippen LogP contribution is 2.39. The molecule has 4 heteroatoms. The van der Waals surface area contributed by atoms with E-state index in [1.807, 2.05) is 121 Å². The lowest BCUT2D eigenvalue weighted by molar-refractivity contribution is -0.359. The molecule has 204 valence electrons. The fraction of sp³-hybridized carbons (Fsp3) is 0.0256. The summed E-state index contributed by atoms with van der Waals surface area (Å²) in [5, 5.41) is 27.3. The molecule has 0 atom stereocenters. The van der Waals surface area contributed by atoms with Crippen molar-refractivity contribution in [1.82, 2.24) is 0 Å². The van der Waals surface area contributed by atoms with Gasteiger partial charge in [-0.05, 0) is 64.1 Å². The molecule has 8 rings (SSSR count). The Balaban J connectivity index is 1.07. The van der Waals surface area contributed by atoms with Crippen molar-refractivity contribution >= 4 is 22.8 Å². The number of nitrogens with zero attached hydrogens (tertiary/aromatic N) is 2. The van der Waals surface area contributed by atoms with Crippen LogP contribution < -0.4 is 0 Å². The average molecular weight is 555 g/mol. The van der Waals surface area contributed by atoms with Crippen molar-refractivity contribution in [3.8, 4) is 22.3 Å². The quantitative estimate of drug-likeness (QED) is 0.124. The minimum Gasteiger partial charge on any atom is -0.618 e. The smallest absolute Gasteiger partial charge is 0.232 e. The third-order valence-corrected chi connectivity index (χ3v) is 8.47. The van der Waals surface area contributed by atoms with E-state index in [0.29, 0.717) is 29.2 Å². The molecule has 4 nitrogen and oxygen atoms in total. The monoisotopic (exact) mass is 554 g/mol. The summed E-state index contributed by atoms with van der Waals surface area (Å²) in [6, 6.07) is 47.8. The summed E-state index contributed by atoms with van der Waals surface area (Å²) < 4.78 is 2.09. The van der Waals surface area contributed by atoms with Crippen LogP contribution in [-0.4, -0.2) is 20.9 Å². The summed E-state index contributed by atoms with van der Waals surface area (Å²) in [7, 11) is 0. The first-order chi connectivity index (χ1) is 21.2. The average Bonchev–Trinajstić information content (AvgIpc) is 3.58. The molecule has 43 heavy (non-hydrogen) atoms. The maximum atomic E-state index is 13.6. The zero-order chi connectivity index (χ0) is 28.9. The summed E-state index contributed by atoms with van der Waals surface area (Å²) in [6.45, 7) is 0. The topological polar surface area (TPSA) is 52.1 Å². The van der Waals surface area contributed by atoms with Crippen LogP contribution in [0.5, 0.6) is 0 Å². The van der Waals surface area contributed by atoms with Crippen molar-refractivity contribution in [3.63, 3.8) is 0 Å². The molecule has 0 aromatic heterocycles.